The van der Waals surface area contributed by atoms with Crippen molar-refractivity contribution >= 4 is 6.08 Å². The Bertz CT molecular complexity index is 705. The Labute approximate surface area is 191 Å². The summed E-state index contributed by atoms with van der Waals surface area (Å²) >= 11 is 0. The van der Waals surface area contributed by atoms with Crippen molar-refractivity contribution in [1.29, 1.82) is 0 Å². The lowest BCUT2D eigenvalue weighted by atomic mass is 9.68. The van der Waals surface area contributed by atoms with Crippen LogP contribution in [0.3, 0.4) is 0 Å². The third-order valence-electron chi connectivity index (χ3n) is 8.02. The van der Waals surface area contributed by atoms with E-state index >= 15 is 0 Å². The first-order valence-electron chi connectivity index (χ1n) is 12.9. The summed E-state index contributed by atoms with van der Waals surface area (Å²) in [7, 11) is 0. The molecule has 32 heavy (non-hydrogen) atoms. The van der Waals surface area contributed by atoms with Gasteiger partial charge in [-0.15, -0.1) is 0 Å². The molecule has 0 saturated heterocycles. The molecule has 2 saturated carbocycles. The molecule has 2 aliphatic carbocycles. The second-order valence-electron chi connectivity index (χ2n) is 10.3. The summed E-state index contributed by atoms with van der Waals surface area (Å²) in [5, 5.41) is 0. The molecule has 180 valence electrons. The Morgan fingerprint density at radius 2 is 1.44 bits per heavy atom. The maximum atomic E-state index is 14.1. The molecule has 1 aromatic carbocycles. The molecule has 2 aliphatic rings. The van der Waals surface area contributed by atoms with Crippen LogP contribution in [0.1, 0.15) is 102 Å². The number of rotatable bonds is 9. The Morgan fingerprint density at radius 1 is 0.844 bits per heavy atom. The van der Waals surface area contributed by atoms with Crippen molar-refractivity contribution in [2.75, 3.05) is 0 Å². The summed E-state index contributed by atoms with van der Waals surface area (Å²) < 4.78 is 51.0. The fraction of sp³-hybridized carbons (Fsp3) is 0.714. The molecule has 0 spiro atoms. The molecular formula is C28H40F4. The van der Waals surface area contributed by atoms with Crippen LogP contribution in [0.4, 0.5) is 17.6 Å². The first-order chi connectivity index (χ1) is 15.3. The molecular weight excluding hydrogens is 412 g/mol. The monoisotopic (exact) mass is 452 g/mol. The van der Waals surface area contributed by atoms with Crippen molar-refractivity contribution in [2.45, 2.75) is 103 Å². The van der Waals surface area contributed by atoms with Gasteiger partial charge in [-0.1, -0.05) is 70.4 Å². The van der Waals surface area contributed by atoms with Crippen LogP contribution in [-0.4, -0.2) is 6.18 Å². The number of hydrogen-bond acceptors (Lipinski definition) is 0. The molecule has 2 fully saturated rings. The quantitative estimate of drug-likeness (QED) is 0.258. The predicted octanol–water partition coefficient (Wildman–Crippen LogP) is 9.53. The van der Waals surface area contributed by atoms with E-state index in [-0.39, 0.29) is 11.6 Å². The molecule has 0 bridgehead atoms. The molecule has 0 N–H and O–H groups in total. The summed E-state index contributed by atoms with van der Waals surface area (Å²) in [6.07, 6.45) is 14.8. The highest BCUT2D eigenvalue weighted by Crippen LogP contribution is 2.43. The second kappa shape index (κ2) is 12.2. The molecule has 0 nitrogen and oxygen atoms in total. The molecule has 0 heterocycles. The lowest BCUT2D eigenvalue weighted by Gasteiger charge is -2.38. The van der Waals surface area contributed by atoms with Crippen LogP contribution < -0.4 is 0 Å². The molecule has 0 atom stereocenters. The molecule has 0 radical (unpaired) electrons. The minimum Gasteiger partial charge on any atom is -0.206 e. The number of unbranched alkanes of at least 4 members (excludes halogenated alkanes) is 2. The van der Waals surface area contributed by atoms with E-state index in [0.29, 0.717) is 5.92 Å². The van der Waals surface area contributed by atoms with Crippen LogP contribution in [0, 0.1) is 29.5 Å². The van der Waals surface area contributed by atoms with Gasteiger partial charge in [0.25, 0.3) is 0 Å². The number of alkyl halides is 3. The first kappa shape index (κ1) is 25.3. The van der Waals surface area contributed by atoms with E-state index < -0.39 is 12.0 Å². The molecule has 0 aliphatic heterocycles. The average molecular weight is 453 g/mol. The normalized spacial score (nSPS) is 27.2. The molecule has 4 heteroatoms. The van der Waals surface area contributed by atoms with E-state index in [9.17, 15) is 17.6 Å². The van der Waals surface area contributed by atoms with E-state index in [1.165, 1.54) is 89.2 Å². The van der Waals surface area contributed by atoms with E-state index in [2.05, 4.69) is 6.92 Å². The maximum Gasteiger partial charge on any atom is 0.409 e. The van der Waals surface area contributed by atoms with E-state index in [4.69, 9.17) is 0 Å². The topological polar surface area (TPSA) is 0 Å². The lowest BCUT2D eigenvalue weighted by molar-refractivity contribution is -0.0790. The van der Waals surface area contributed by atoms with Gasteiger partial charge in [-0.25, -0.2) is 4.39 Å². The predicted molar refractivity (Wildman–Crippen MR) is 125 cm³/mol. The van der Waals surface area contributed by atoms with Crippen molar-refractivity contribution in [2.24, 2.45) is 23.7 Å². The van der Waals surface area contributed by atoms with Gasteiger partial charge >= 0.3 is 6.18 Å². The van der Waals surface area contributed by atoms with Crippen molar-refractivity contribution in [1.82, 2.24) is 0 Å². The zero-order valence-electron chi connectivity index (χ0n) is 19.6. The highest BCUT2D eigenvalue weighted by atomic mass is 19.4. The second-order valence-corrected chi connectivity index (χ2v) is 10.3. The summed E-state index contributed by atoms with van der Waals surface area (Å²) in [5.74, 6) is 2.94. The SMILES string of the molecule is CCCCCC1CCC(C2CCC(CCc3ccc(/C=C/C(F)(F)F)c(F)c3)CC2)CC1. The molecule has 3 rings (SSSR count). The number of aryl methyl sites for hydroxylation is 1. The highest BCUT2D eigenvalue weighted by Gasteiger charge is 2.30. The summed E-state index contributed by atoms with van der Waals surface area (Å²) in [6.45, 7) is 2.28. The minimum atomic E-state index is -4.42. The molecule has 0 unspecified atom stereocenters. The molecule has 1 aromatic rings. The van der Waals surface area contributed by atoms with Gasteiger partial charge in [-0.3, -0.25) is 0 Å². The Hall–Kier alpha value is -1.32. The van der Waals surface area contributed by atoms with Crippen molar-refractivity contribution in [3.05, 3.63) is 41.2 Å². The summed E-state index contributed by atoms with van der Waals surface area (Å²) in [4.78, 5) is 0. The lowest BCUT2D eigenvalue weighted by Crippen LogP contribution is -2.26. The van der Waals surface area contributed by atoms with Crippen molar-refractivity contribution < 1.29 is 17.6 Å². The zero-order valence-corrected chi connectivity index (χ0v) is 19.6. The van der Waals surface area contributed by atoms with Gasteiger partial charge in [0.1, 0.15) is 5.82 Å². The maximum absolute atomic E-state index is 14.1. The molecule has 0 amide bonds. The van der Waals surface area contributed by atoms with Crippen molar-refractivity contribution in [3.8, 4) is 0 Å². The summed E-state index contributed by atoms with van der Waals surface area (Å²) in [6, 6.07) is 4.63. The summed E-state index contributed by atoms with van der Waals surface area (Å²) in [5.41, 5.74) is 0.877. The minimum absolute atomic E-state index is 0.00772. The van der Waals surface area contributed by atoms with Gasteiger partial charge in [-0.2, -0.15) is 13.2 Å². The Balaban J connectivity index is 1.37. The van der Waals surface area contributed by atoms with Crippen LogP contribution in [-0.2, 0) is 6.42 Å². The van der Waals surface area contributed by atoms with Gasteiger partial charge in [0, 0.05) is 11.6 Å². The van der Waals surface area contributed by atoms with Gasteiger partial charge < -0.3 is 0 Å². The van der Waals surface area contributed by atoms with Gasteiger partial charge in [0.05, 0.1) is 0 Å². The Morgan fingerprint density at radius 3 is 1.97 bits per heavy atom. The van der Waals surface area contributed by atoms with Crippen LogP contribution in [0.2, 0.25) is 0 Å². The average Bonchev–Trinajstić information content (AvgIpc) is 2.77. The standard InChI is InChI=1S/C28H40F4/c1-2-3-4-5-21-8-13-24(14-9-21)25-15-10-22(11-16-25)6-7-23-12-17-26(27(29)20-23)18-19-28(30,31)32/h12,17-22,24-25H,2-11,13-16H2,1H3/b19-18+. The van der Waals surface area contributed by atoms with Gasteiger partial charge in [0.2, 0.25) is 0 Å². The fourth-order valence-corrected chi connectivity index (χ4v) is 6.00. The van der Waals surface area contributed by atoms with Crippen LogP contribution in [0.5, 0.6) is 0 Å². The number of benzene rings is 1. The number of hydrogen-bond donors (Lipinski definition) is 0. The first-order valence-corrected chi connectivity index (χ1v) is 12.9. The van der Waals surface area contributed by atoms with Crippen molar-refractivity contribution in [3.63, 3.8) is 0 Å². The van der Waals surface area contributed by atoms with Crippen LogP contribution in [0.25, 0.3) is 6.08 Å². The van der Waals surface area contributed by atoms with Gasteiger partial charge in [0.15, 0.2) is 0 Å². The fourth-order valence-electron chi connectivity index (χ4n) is 6.00. The smallest absolute Gasteiger partial charge is 0.206 e. The largest absolute Gasteiger partial charge is 0.409 e. The number of halogens is 4. The third-order valence-corrected chi connectivity index (χ3v) is 8.02. The highest BCUT2D eigenvalue weighted by molar-refractivity contribution is 5.51. The Kier molecular flexibility index (Phi) is 9.67. The molecule has 0 aromatic heterocycles. The zero-order chi connectivity index (χ0) is 23.0. The van der Waals surface area contributed by atoms with Gasteiger partial charge in [-0.05, 0) is 79.9 Å². The third kappa shape index (κ3) is 8.23. The van der Waals surface area contributed by atoms with E-state index in [0.717, 1.165) is 42.2 Å². The van der Waals surface area contributed by atoms with E-state index in [1.54, 1.807) is 6.07 Å². The van der Waals surface area contributed by atoms with Crippen LogP contribution in [0.15, 0.2) is 24.3 Å². The van der Waals surface area contributed by atoms with E-state index in [1.807, 2.05) is 0 Å². The van der Waals surface area contributed by atoms with Crippen LogP contribution >= 0.6 is 0 Å². The number of allylic oxidation sites excluding steroid dienone is 1.